The highest BCUT2D eigenvalue weighted by Gasteiger charge is 2.39. The second-order valence-electron chi connectivity index (χ2n) is 5.00. The number of aliphatic imine (C=N–C) groups is 1. The quantitative estimate of drug-likeness (QED) is 0.346. The Morgan fingerprint density at radius 2 is 1.71 bits per heavy atom. The van der Waals surface area contributed by atoms with Crippen LogP contribution in [0.2, 0.25) is 0 Å². The molecule has 0 heterocycles. The molecule has 0 fully saturated rings. The zero-order chi connectivity index (χ0) is 18.9. The molecule has 3 nitrogen and oxygen atoms in total. The Labute approximate surface area is 136 Å². The van der Waals surface area contributed by atoms with E-state index in [1.165, 1.54) is 6.92 Å². The molecule has 0 aliphatic heterocycles. The molecule has 0 radical (unpaired) electrons. The predicted molar refractivity (Wildman–Crippen MR) is 75.3 cm³/mol. The number of halogens is 7. The fourth-order valence-corrected chi connectivity index (χ4v) is 2.84. The molecule has 0 aromatic heterocycles. The molecule has 0 saturated carbocycles. The van der Waals surface area contributed by atoms with Crippen LogP contribution >= 0.6 is 0 Å². The smallest absolute Gasteiger partial charge is 0.449 e. The van der Waals surface area contributed by atoms with Crippen LogP contribution in [-0.2, 0) is 11.2 Å². The summed E-state index contributed by atoms with van der Waals surface area (Å²) in [4.78, 5) is 3.30. The summed E-state index contributed by atoms with van der Waals surface area (Å²) in [6, 6.07) is 1.34. The molecule has 1 atom stereocenters. The third-order valence-corrected chi connectivity index (χ3v) is 4.21. The highest BCUT2D eigenvalue weighted by molar-refractivity contribution is 7.91. The third-order valence-electron chi connectivity index (χ3n) is 2.69. The van der Waals surface area contributed by atoms with Gasteiger partial charge in [-0.25, -0.2) is 9.38 Å². The van der Waals surface area contributed by atoms with Crippen molar-refractivity contribution in [2.75, 3.05) is 19.8 Å². The number of benzene rings is 1. The van der Waals surface area contributed by atoms with Gasteiger partial charge in [0.05, 0.1) is 0 Å². The van der Waals surface area contributed by atoms with Crippen molar-refractivity contribution in [3.05, 3.63) is 23.5 Å². The first-order valence-corrected chi connectivity index (χ1v) is 7.62. The maximum atomic E-state index is 13.8. The Kier molecular flexibility index (Phi) is 6.15. The van der Waals surface area contributed by atoms with Crippen LogP contribution in [0.3, 0.4) is 0 Å². The fraction of sp³-hybridized carbons (Fsp3) is 0.462. The zero-order valence-corrected chi connectivity index (χ0v) is 13.5. The van der Waals surface area contributed by atoms with E-state index >= 15 is 0 Å². The Hall–Kier alpha value is -1.49. The van der Waals surface area contributed by atoms with Gasteiger partial charge in [-0.15, -0.1) is 0 Å². The number of hydrogen-bond acceptors (Lipinski definition) is 2. The Bertz CT molecular complexity index is 626. The molecule has 0 saturated heterocycles. The Morgan fingerprint density at radius 3 is 2.12 bits per heavy atom. The molecule has 1 rings (SSSR count). The monoisotopic (exact) mass is 378 g/mol. The van der Waals surface area contributed by atoms with Crippen LogP contribution in [-0.4, -0.2) is 47.5 Å². The van der Waals surface area contributed by atoms with Gasteiger partial charge in [-0.1, -0.05) is 0 Å². The molecule has 1 aromatic rings. The molecule has 11 heteroatoms. The summed E-state index contributed by atoms with van der Waals surface area (Å²) in [5.41, 5.74) is -0.917. The lowest BCUT2D eigenvalue weighted by Crippen LogP contribution is -2.36. The van der Waals surface area contributed by atoms with Gasteiger partial charge in [-0.2, -0.15) is 26.3 Å². The molecule has 0 aliphatic rings. The Morgan fingerprint density at radius 1 is 1.17 bits per heavy atom. The largest absolute Gasteiger partial charge is 0.611 e. The molecular formula is C13H13F7N2OS. The van der Waals surface area contributed by atoms with E-state index in [0.29, 0.717) is 17.0 Å². The maximum absolute atomic E-state index is 13.8. The van der Waals surface area contributed by atoms with Gasteiger partial charge in [-0.05, 0) is 24.2 Å². The summed E-state index contributed by atoms with van der Waals surface area (Å²) in [5, 5.41) is 0. The van der Waals surface area contributed by atoms with E-state index in [1.54, 1.807) is 0 Å². The van der Waals surface area contributed by atoms with Crippen molar-refractivity contribution < 1.29 is 35.3 Å². The second-order valence-corrected chi connectivity index (χ2v) is 6.42. The molecule has 1 unspecified atom stereocenters. The Balaban J connectivity index is 3.38. The third kappa shape index (κ3) is 5.55. The van der Waals surface area contributed by atoms with Crippen LogP contribution in [0.15, 0.2) is 22.0 Å². The van der Waals surface area contributed by atoms with Crippen molar-refractivity contribution in [2.45, 2.75) is 24.2 Å². The molecule has 0 bridgehead atoms. The number of rotatable bonds is 3. The second kappa shape index (κ2) is 7.18. The molecule has 0 N–H and O–H groups in total. The number of amidine groups is 1. The van der Waals surface area contributed by atoms with Gasteiger partial charge in [0.2, 0.25) is 11.6 Å². The lowest BCUT2D eigenvalue weighted by atomic mass is 10.2. The average Bonchev–Trinajstić information content (AvgIpc) is 2.33. The van der Waals surface area contributed by atoms with Gasteiger partial charge in [0.25, 0.3) is 0 Å². The summed E-state index contributed by atoms with van der Waals surface area (Å²) < 4.78 is 101. The van der Waals surface area contributed by atoms with Gasteiger partial charge in [0, 0.05) is 25.7 Å². The first-order valence-electron chi connectivity index (χ1n) is 6.31. The van der Waals surface area contributed by atoms with E-state index < -0.39 is 51.5 Å². The van der Waals surface area contributed by atoms with Crippen LogP contribution in [0.1, 0.15) is 5.56 Å². The van der Waals surface area contributed by atoms with Crippen LogP contribution < -0.4 is 0 Å². The van der Waals surface area contributed by atoms with Crippen molar-refractivity contribution in [3.63, 3.8) is 0 Å². The van der Waals surface area contributed by atoms with Gasteiger partial charge >= 0.3 is 12.4 Å². The normalized spacial score (nSPS) is 14.7. The topological polar surface area (TPSA) is 38.7 Å². The van der Waals surface area contributed by atoms with Gasteiger partial charge < -0.3 is 9.45 Å². The highest BCUT2D eigenvalue weighted by Crippen LogP contribution is 2.31. The predicted octanol–water partition coefficient (Wildman–Crippen LogP) is 3.96. The minimum absolute atomic E-state index is 0.0764. The van der Waals surface area contributed by atoms with Crippen molar-refractivity contribution in [3.8, 4) is 0 Å². The van der Waals surface area contributed by atoms with Crippen LogP contribution in [0.25, 0.3) is 0 Å². The standard InChI is InChI=1S/C13H13F7N2OS/c1-7-4-8(14)9(21-11(22(2)3)13(18,19)20)5-10(7)24(23)6-12(15,16)17/h4-5H,6H2,1-3H3. The molecular weight excluding hydrogens is 365 g/mol. The minimum atomic E-state index is -4.90. The number of nitrogens with zero attached hydrogens (tertiary/aromatic N) is 2. The van der Waals surface area contributed by atoms with E-state index in [9.17, 15) is 35.3 Å². The summed E-state index contributed by atoms with van der Waals surface area (Å²) in [7, 11) is 2.06. The van der Waals surface area contributed by atoms with E-state index in [-0.39, 0.29) is 5.56 Å². The molecule has 0 spiro atoms. The zero-order valence-electron chi connectivity index (χ0n) is 12.7. The van der Waals surface area contributed by atoms with Gasteiger partial charge in [0.1, 0.15) is 11.5 Å². The van der Waals surface area contributed by atoms with E-state index in [4.69, 9.17) is 0 Å². The van der Waals surface area contributed by atoms with Gasteiger partial charge in [0.15, 0.2) is 4.90 Å². The maximum Gasteiger partial charge on any atom is 0.449 e. The van der Waals surface area contributed by atoms with Crippen molar-refractivity contribution >= 4 is 22.7 Å². The van der Waals surface area contributed by atoms with E-state index in [0.717, 1.165) is 14.1 Å². The number of alkyl halides is 6. The fourth-order valence-electron chi connectivity index (χ4n) is 1.73. The lowest BCUT2D eigenvalue weighted by molar-refractivity contribution is -0.106. The number of hydrogen-bond donors (Lipinski definition) is 0. The lowest BCUT2D eigenvalue weighted by Gasteiger charge is -2.19. The van der Waals surface area contributed by atoms with E-state index in [2.05, 4.69) is 4.99 Å². The highest BCUT2D eigenvalue weighted by atomic mass is 32.2. The summed E-state index contributed by atoms with van der Waals surface area (Å²) in [6.45, 7) is 1.21. The molecule has 1 aromatic carbocycles. The van der Waals surface area contributed by atoms with Crippen molar-refractivity contribution in [2.24, 2.45) is 4.99 Å². The first kappa shape index (κ1) is 20.6. The molecule has 136 valence electrons. The average molecular weight is 378 g/mol. The summed E-state index contributed by atoms with van der Waals surface area (Å²) in [6.07, 6.45) is -9.64. The van der Waals surface area contributed by atoms with E-state index in [1.807, 2.05) is 0 Å². The van der Waals surface area contributed by atoms with Crippen molar-refractivity contribution in [1.29, 1.82) is 0 Å². The van der Waals surface area contributed by atoms with Crippen LogP contribution in [0.5, 0.6) is 0 Å². The summed E-state index contributed by atoms with van der Waals surface area (Å²) >= 11 is -2.59. The summed E-state index contributed by atoms with van der Waals surface area (Å²) in [5.74, 6) is -4.30. The van der Waals surface area contributed by atoms with Crippen LogP contribution in [0.4, 0.5) is 36.4 Å². The van der Waals surface area contributed by atoms with Gasteiger partial charge in [-0.3, -0.25) is 0 Å². The SMILES string of the molecule is Cc1cc(F)c(N=C(N(C)C)C(F)(F)F)cc1[S+]([O-])CC(F)(F)F. The molecule has 0 aliphatic carbocycles. The molecule has 0 amide bonds. The number of aryl methyl sites for hydroxylation is 1. The van der Waals surface area contributed by atoms with Crippen molar-refractivity contribution in [1.82, 2.24) is 4.90 Å². The van der Waals surface area contributed by atoms with Crippen LogP contribution in [0, 0.1) is 12.7 Å². The molecule has 24 heavy (non-hydrogen) atoms. The minimum Gasteiger partial charge on any atom is -0.611 e. The first-order chi connectivity index (χ1) is 10.7.